The van der Waals surface area contributed by atoms with Gasteiger partial charge in [-0.3, -0.25) is 9.48 Å². The molecule has 1 saturated heterocycles. The molecule has 0 amide bonds. The standard InChI is InChI=1S/C15H18ClN3O2/c16-11-3-4-14-10(6-11)8-18-19(14)9-12(20)7-13-15(21)2-1-5-17-13/h3-4,6,8,13,15,17,21H,1-2,5,7,9H2/t13-,15+/m1/s1. The lowest BCUT2D eigenvalue weighted by Gasteiger charge is -2.28. The average Bonchev–Trinajstić information content (AvgIpc) is 2.83. The molecule has 0 bridgehead atoms. The second-order valence-electron chi connectivity index (χ2n) is 5.52. The molecule has 2 atom stereocenters. The summed E-state index contributed by atoms with van der Waals surface area (Å²) in [6.07, 6.45) is 3.32. The van der Waals surface area contributed by atoms with E-state index < -0.39 is 6.10 Å². The Labute approximate surface area is 127 Å². The van der Waals surface area contributed by atoms with Crippen molar-refractivity contribution in [1.82, 2.24) is 15.1 Å². The Bertz CT molecular complexity index is 655. The van der Waals surface area contributed by atoms with Crippen molar-refractivity contribution in [3.8, 4) is 0 Å². The number of fused-ring (bicyclic) bond motifs is 1. The summed E-state index contributed by atoms with van der Waals surface area (Å²) in [6.45, 7) is 1.08. The third-order valence-corrected chi connectivity index (χ3v) is 4.16. The third kappa shape index (κ3) is 3.26. The van der Waals surface area contributed by atoms with Crippen molar-refractivity contribution >= 4 is 28.3 Å². The summed E-state index contributed by atoms with van der Waals surface area (Å²) in [5.41, 5.74) is 0.893. The number of halogens is 1. The Morgan fingerprint density at radius 1 is 1.52 bits per heavy atom. The van der Waals surface area contributed by atoms with Crippen LogP contribution in [0.2, 0.25) is 5.02 Å². The molecule has 1 fully saturated rings. The number of nitrogens with zero attached hydrogens (tertiary/aromatic N) is 2. The average molecular weight is 308 g/mol. The highest BCUT2D eigenvalue weighted by atomic mass is 35.5. The number of aliphatic hydroxyl groups is 1. The Balaban J connectivity index is 1.68. The van der Waals surface area contributed by atoms with Crippen molar-refractivity contribution in [2.24, 2.45) is 0 Å². The fourth-order valence-electron chi connectivity index (χ4n) is 2.80. The number of piperidine rings is 1. The number of carbonyl (C=O) groups excluding carboxylic acids is 1. The molecular weight excluding hydrogens is 290 g/mol. The smallest absolute Gasteiger partial charge is 0.155 e. The number of hydrogen-bond donors (Lipinski definition) is 2. The van der Waals surface area contributed by atoms with E-state index in [9.17, 15) is 9.90 Å². The number of Topliss-reactive ketones (excluding diaryl/α,β-unsaturated/α-hetero) is 1. The number of rotatable bonds is 4. The molecule has 1 aliphatic rings. The maximum Gasteiger partial charge on any atom is 0.155 e. The van der Waals surface area contributed by atoms with Gasteiger partial charge in [0.05, 0.1) is 17.8 Å². The molecule has 1 aliphatic heterocycles. The number of hydrogen-bond acceptors (Lipinski definition) is 4. The largest absolute Gasteiger partial charge is 0.391 e. The normalized spacial score (nSPS) is 22.6. The number of nitrogens with one attached hydrogen (secondary N) is 1. The number of ketones is 1. The first kappa shape index (κ1) is 14.5. The van der Waals surface area contributed by atoms with E-state index in [1.165, 1.54) is 0 Å². The van der Waals surface area contributed by atoms with E-state index in [0.717, 1.165) is 30.3 Å². The van der Waals surface area contributed by atoms with Crippen LogP contribution in [0.1, 0.15) is 19.3 Å². The molecule has 6 heteroatoms. The lowest BCUT2D eigenvalue weighted by molar-refractivity contribution is -0.121. The summed E-state index contributed by atoms with van der Waals surface area (Å²) in [6, 6.07) is 5.35. The summed E-state index contributed by atoms with van der Waals surface area (Å²) >= 11 is 5.94. The van der Waals surface area contributed by atoms with Gasteiger partial charge in [0.15, 0.2) is 5.78 Å². The van der Waals surface area contributed by atoms with Crippen LogP contribution in [0.15, 0.2) is 24.4 Å². The molecule has 0 saturated carbocycles. The van der Waals surface area contributed by atoms with E-state index >= 15 is 0 Å². The quantitative estimate of drug-likeness (QED) is 0.903. The minimum Gasteiger partial charge on any atom is -0.391 e. The predicted molar refractivity (Wildman–Crippen MR) is 81.4 cm³/mol. The Kier molecular flexibility index (Phi) is 4.24. The molecule has 0 unspecified atom stereocenters. The van der Waals surface area contributed by atoms with Crippen LogP contribution in [0.5, 0.6) is 0 Å². The molecule has 2 heterocycles. The van der Waals surface area contributed by atoms with E-state index in [2.05, 4.69) is 10.4 Å². The van der Waals surface area contributed by atoms with Gasteiger partial charge in [0.2, 0.25) is 0 Å². The van der Waals surface area contributed by atoms with Crippen LogP contribution in [-0.4, -0.2) is 39.4 Å². The van der Waals surface area contributed by atoms with Crippen LogP contribution in [0.3, 0.4) is 0 Å². The van der Waals surface area contributed by atoms with Crippen LogP contribution in [0, 0.1) is 0 Å². The van der Waals surface area contributed by atoms with E-state index in [1.54, 1.807) is 16.9 Å². The lowest BCUT2D eigenvalue weighted by Crippen LogP contribution is -2.46. The zero-order chi connectivity index (χ0) is 14.8. The molecule has 112 valence electrons. The van der Waals surface area contributed by atoms with E-state index in [-0.39, 0.29) is 18.4 Å². The molecule has 0 spiro atoms. The van der Waals surface area contributed by atoms with Crippen LogP contribution >= 0.6 is 11.6 Å². The fraction of sp³-hybridized carbons (Fsp3) is 0.467. The van der Waals surface area contributed by atoms with Crippen LogP contribution < -0.4 is 5.32 Å². The van der Waals surface area contributed by atoms with Gasteiger partial charge in [-0.2, -0.15) is 5.10 Å². The third-order valence-electron chi connectivity index (χ3n) is 3.93. The minimum absolute atomic E-state index is 0.0633. The van der Waals surface area contributed by atoms with Gasteiger partial charge in [-0.05, 0) is 37.6 Å². The van der Waals surface area contributed by atoms with Gasteiger partial charge in [0.1, 0.15) is 6.54 Å². The van der Waals surface area contributed by atoms with Gasteiger partial charge in [-0.15, -0.1) is 0 Å². The summed E-state index contributed by atoms with van der Waals surface area (Å²) in [4.78, 5) is 12.2. The fourth-order valence-corrected chi connectivity index (χ4v) is 2.99. The maximum absolute atomic E-state index is 12.2. The van der Waals surface area contributed by atoms with Gasteiger partial charge in [0.25, 0.3) is 0 Å². The van der Waals surface area contributed by atoms with Gasteiger partial charge >= 0.3 is 0 Å². The summed E-state index contributed by atoms with van der Waals surface area (Å²) in [5.74, 6) is 0.0633. The molecule has 2 N–H and O–H groups in total. The van der Waals surface area contributed by atoms with Gasteiger partial charge < -0.3 is 10.4 Å². The molecule has 2 aromatic rings. The van der Waals surface area contributed by atoms with Crippen LogP contribution in [0.4, 0.5) is 0 Å². The highest BCUT2D eigenvalue weighted by molar-refractivity contribution is 6.31. The first-order chi connectivity index (χ1) is 10.1. The van der Waals surface area contributed by atoms with Crippen molar-refractivity contribution in [1.29, 1.82) is 0 Å². The predicted octanol–water partition coefficient (Wildman–Crippen LogP) is 1.76. The number of aromatic nitrogens is 2. The summed E-state index contributed by atoms with van der Waals surface area (Å²) in [5, 5.41) is 18.9. The Morgan fingerprint density at radius 2 is 2.38 bits per heavy atom. The lowest BCUT2D eigenvalue weighted by atomic mass is 9.97. The molecule has 5 nitrogen and oxygen atoms in total. The maximum atomic E-state index is 12.2. The van der Waals surface area contributed by atoms with Crippen molar-refractivity contribution < 1.29 is 9.90 Å². The van der Waals surface area contributed by atoms with Gasteiger partial charge in [-0.25, -0.2) is 0 Å². The molecule has 0 radical (unpaired) electrons. The monoisotopic (exact) mass is 307 g/mol. The molecule has 0 aliphatic carbocycles. The highest BCUT2D eigenvalue weighted by Crippen LogP contribution is 2.19. The minimum atomic E-state index is -0.434. The Hall–Kier alpha value is -1.43. The zero-order valence-corrected chi connectivity index (χ0v) is 12.4. The second kappa shape index (κ2) is 6.13. The molecule has 1 aromatic heterocycles. The molecule has 21 heavy (non-hydrogen) atoms. The van der Waals surface area contributed by atoms with Crippen molar-refractivity contribution in [3.63, 3.8) is 0 Å². The highest BCUT2D eigenvalue weighted by Gasteiger charge is 2.25. The number of aliphatic hydroxyl groups excluding tert-OH is 1. The van der Waals surface area contributed by atoms with Gasteiger partial charge in [-0.1, -0.05) is 11.6 Å². The van der Waals surface area contributed by atoms with Crippen LogP contribution in [0.25, 0.3) is 10.9 Å². The molecule has 3 rings (SSSR count). The SMILES string of the molecule is O=C(C[C@H]1NCCC[C@@H]1O)Cn1ncc2cc(Cl)ccc21. The molecule has 1 aromatic carbocycles. The van der Waals surface area contributed by atoms with E-state index in [4.69, 9.17) is 11.6 Å². The van der Waals surface area contributed by atoms with Crippen molar-refractivity contribution in [2.75, 3.05) is 6.54 Å². The van der Waals surface area contributed by atoms with E-state index in [0.29, 0.717) is 11.4 Å². The zero-order valence-electron chi connectivity index (χ0n) is 11.6. The molecular formula is C15H18ClN3O2. The summed E-state index contributed by atoms with van der Waals surface area (Å²) in [7, 11) is 0. The summed E-state index contributed by atoms with van der Waals surface area (Å²) < 4.78 is 1.68. The van der Waals surface area contributed by atoms with Gasteiger partial charge in [0, 0.05) is 22.9 Å². The second-order valence-corrected chi connectivity index (χ2v) is 5.95. The van der Waals surface area contributed by atoms with Crippen molar-refractivity contribution in [3.05, 3.63) is 29.4 Å². The Morgan fingerprint density at radius 3 is 3.19 bits per heavy atom. The number of benzene rings is 1. The van der Waals surface area contributed by atoms with Crippen LogP contribution in [-0.2, 0) is 11.3 Å². The van der Waals surface area contributed by atoms with Crippen molar-refractivity contribution in [2.45, 2.75) is 38.0 Å². The number of carbonyl (C=O) groups is 1. The topological polar surface area (TPSA) is 67.2 Å². The first-order valence-electron chi connectivity index (χ1n) is 7.18. The first-order valence-corrected chi connectivity index (χ1v) is 7.55. The van der Waals surface area contributed by atoms with E-state index in [1.807, 2.05) is 12.1 Å².